The number of aromatic nitrogens is 2. The molecule has 0 saturated heterocycles. The molecule has 0 radical (unpaired) electrons. The Bertz CT molecular complexity index is 1020. The number of benzene rings is 2. The van der Waals surface area contributed by atoms with Crippen molar-refractivity contribution < 1.29 is 14.3 Å². The van der Waals surface area contributed by atoms with Gasteiger partial charge in [-0.1, -0.05) is 30.3 Å². The topological polar surface area (TPSA) is 85.4 Å². The Kier molecular flexibility index (Phi) is 5.29. The molecular formula is C22H22N4O3. The van der Waals surface area contributed by atoms with Crippen LogP contribution < -0.4 is 20.1 Å². The van der Waals surface area contributed by atoms with Gasteiger partial charge in [0, 0.05) is 17.4 Å². The molecule has 1 aromatic heterocycles. The number of anilines is 2. The molecular weight excluding hydrogens is 368 g/mol. The summed E-state index contributed by atoms with van der Waals surface area (Å²) in [6.45, 7) is 4.87. The highest BCUT2D eigenvalue weighted by Crippen LogP contribution is 2.32. The van der Waals surface area contributed by atoms with E-state index in [0.29, 0.717) is 42.0 Å². The minimum absolute atomic E-state index is 0.00621. The number of nitrogens with one attached hydrogen (secondary N) is 2. The standard InChI is InChI=1S/C22H22N4O3/c1-14-12-18(26-22(23-14)24-15(2)16-6-4-3-5-7-16)21(27)25-17-8-9-19-20(13-17)29-11-10-28-19/h3-9,12-13,15H,10-11H2,1-2H3,(H,25,27)(H,23,24,26). The van der Waals surface area contributed by atoms with Crippen molar-refractivity contribution in [3.63, 3.8) is 0 Å². The molecule has 148 valence electrons. The average molecular weight is 390 g/mol. The van der Waals surface area contributed by atoms with Gasteiger partial charge in [0.1, 0.15) is 18.9 Å². The number of aryl methyl sites for hydroxylation is 1. The SMILES string of the molecule is Cc1cc(C(=O)Nc2ccc3c(c2)OCCO3)nc(NC(C)c2ccccc2)n1. The molecule has 0 aliphatic carbocycles. The van der Waals surface area contributed by atoms with Gasteiger partial charge in [-0.3, -0.25) is 4.79 Å². The van der Waals surface area contributed by atoms with Crippen LogP contribution in [0.15, 0.2) is 54.6 Å². The quantitative estimate of drug-likeness (QED) is 0.685. The number of hydrogen-bond acceptors (Lipinski definition) is 6. The number of carbonyl (C=O) groups is 1. The molecule has 1 aliphatic rings. The lowest BCUT2D eigenvalue weighted by atomic mass is 10.1. The highest BCUT2D eigenvalue weighted by atomic mass is 16.6. The molecule has 1 amide bonds. The maximum Gasteiger partial charge on any atom is 0.274 e. The largest absolute Gasteiger partial charge is 0.486 e. The third kappa shape index (κ3) is 4.45. The Labute approximate surface area is 169 Å². The van der Waals surface area contributed by atoms with E-state index < -0.39 is 0 Å². The fourth-order valence-electron chi connectivity index (χ4n) is 3.08. The van der Waals surface area contributed by atoms with Crippen LogP contribution in [0.25, 0.3) is 0 Å². The van der Waals surface area contributed by atoms with Crippen molar-refractivity contribution in [3.05, 3.63) is 71.5 Å². The zero-order valence-electron chi connectivity index (χ0n) is 16.3. The lowest BCUT2D eigenvalue weighted by Gasteiger charge is -2.19. The van der Waals surface area contributed by atoms with Crippen LogP contribution in [-0.2, 0) is 0 Å². The van der Waals surface area contributed by atoms with Crippen LogP contribution in [0, 0.1) is 6.92 Å². The summed E-state index contributed by atoms with van der Waals surface area (Å²) in [5, 5.41) is 6.12. The summed E-state index contributed by atoms with van der Waals surface area (Å²) in [6.07, 6.45) is 0. The Morgan fingerprint density at radius 1 is 1.00 bits per heavy atom. The maximum absolute atomic E-state index is 12.7. The smallest absolute Gasteiger partial charge is 0.274 e. The highest BCUT2D eigenvalue weighted by Gasteiger charge is 2.16. The first-order valence-corrected chi connectivity index (χ1v) is 9.46. The lowest BCUT2D eigenvalue weighted by Crippen LogP contribution is -2.18. The van der Waals surface area contributed by atoms with Crippen LogP contribution in [0.2, 0.25) is 0 Å². The number of rotatable bonds is 5. The summed E-state index contributed by atoms with van der Waals surface area (Å²) in [5.41, 5.74) is 2.72. The summed E-state index contributed by atoms with van der Waals surface area (Å²) < 4.78 is 11.1. The van der Waals surface area contributed by atoms with Crippen molar-refractivity contribution in [1.82, 2.24) is 9.97 Å². The lowest BCUT2D eigenvalue weighted by molar-refractivity contribution is 0.102. The van der Waals surface area contributed by atoms with Crippen molar-refractivity contribution in [2.24, 2.45) is 0 Å². The Balaban J connectivity index is 1.50. The molecule has 2 N–H and O–H groups in total. The summed E-state index contributed by atoms with van der Waals surface area (Å²) >= 11 is 0. The van der Waals surface area contributed by atoms with Crippen LogP contribution in [0.4, 0.5) is 11.6 Å². The van der Waals surface area contributed by atoms with Gasteiger partial charge in [0.05, 0.1) is 6.04 Å². The minimum Gasteiger partial charge on any atom is -0.486 e. The molecule has 0 fully saturated rings. The van der Waals surface area contributed by atoms with Crippen molar-refractivity contribution >= 4 is 17.5 Å². The average Bonchev–Trinajstić information content (AvgIpc) is 2.74. The van der Waals surface area contributed by atoms with E-state index in [1.807, 2.05) is 44.2 Å². The fraction of sp³-hybridized carbons (Fsp3) is 0.227. The number of fused-ring (bicyclic) bond motifs is 1. The number of hydrogen-bond donors (Lipinski definition) is 2. The summed E-state index contributed by atoms with van der Waals surface area (Å²) in [4.78, 5) is 21.5. The van der Waals surface area contributed by atoms with Gasteiger partial charge < -0.3 is 20.1 Å². The first kappa shape index (κ1) is 18.7. The Hall–Kier alpha value is -3.61. The number of carbonyl (C=O) groups excluding carboxylic acids is 1. The molecule has 7 nitrogen and oxygen atoms in total. The van der Waals surface area contributed by atoms with Crippen molar-refractivity contribution in [1.29, 1.82) is 0 Å². The molecule has 2 heterocycles. The van der Waals surface area contributed by atoms with Gasteiger partial charge in [0.2, 0.25) is 5.95 Å². The maximum atomic E-state index is 12.7. The second-order valence-electron chi connectivity index (χ2n) is 6.81. The van der Waals surface area contributed by atoms with E-state index in [4.69, 9.17) is 9.47 Å². The van der Waals surface area contributed by atoms with Crippen molar-refractivity contribution in [3.8, 4) is 11.5 Å². The van der Waals surface area contributed by atoms with Crippen LogP contribution in [0.5, 0.6) is 11.5 Å². The number of amides is 1. The minimum atomic E-state index is -0.317. The fourth-order valence-corrected chi connectivity index (χ4v) is 3.08. The molecule has 0 bridgehead atoms. The van der Waals surface area contributed by atoms with Crippen molar-refractivity contribution in [2.45, 2.75) is 19.9 Å². The predicted molar refractivity (Wildman–Crippen MR) is 111 cm³/mol. The molecule has 0 spiro atoms. The van der Waals surface area contributed by atoms with Gasteiger partial charge in [-0.25, -0.2) is 9.97 Å². The molecule has 1 unspecified atom stereocenters. The zero-order valence-corrected chi connectivity index (χ0v) is 16.3. The molecule has 7 heteroatoms. The summed E-state index contributed by atoms with van der Waals surface area (Å²) in [6, 6.07) is 17.0. The predicted octanol–water partition coefficient (Wildman–Crippen LogP) is 3.98. The van der Waals surface area contributed by atoms with Crippen molar-refractivity contribution in [2.75, 3.05) is 23.8 Å². The van der Waals surface area contributed by atoms with E-state index in [1.165, 1.54) is 0 Å². The summed E-state index contributed by atoms with van der Waals surface area (Å²) in [7, 11) is 0. The third-order valence-corrected chi connectivity index (χ3v) is 4.53. The normalized spacial score (nSPS) is 13.4. The molecule has 0 saturated carbocycles. The molecule has 1 aliphatic heterocycles. The van der Waals surface area contributed by atoms with E-state index in [2.05, 4.69) is 20.6 Å². The third-order valence-electron chi connectivity index (χ3n) is 4.53. The monoisotopic (exact) mass is 390 g/mol. The van der Waals surface area contributed by atoms with E-state index in [-0.39, 0.29) is 17.6 Å². The van der Waals surface area contributed by atoms with Crippen LogP contribution in [0.1, 0.15) is 34.7 Å². The number of ether oxygens (including phenoxy) is 2. The van der Waals surface area contributed by atoms with Crippen LogP contribution >= 0.6 is 0 Å². The van der Waals surface area contributed by atoms with Gasteiger partial charge in [-0.05, 0) is 37.6 Å². The molecule has 29 heavy (non-hydrogen) atoms. The Morgan fingerprint density at radius 3 is 2.55 bits per heavy atom. The summed E-state index contributed by atoms with van der Waals surface area (Å²) in [5.74, 6) is 1.39. The first-order valence-electron chi connectivity index (χ1n) is 9.46. The Morgan fingerprint density at radius 2 is 1.76 bits per heavy atom. The zero-order chi connectivity index (χ0) is 20.2. The van der Waals surface area contributed by atoms with E-state index in [0.717, 1.165) is 5.56 Å². The van der Waals surface area contributed by atoms with Crippen LogP contribution in [-0.4, -0.2) is 29.1 Å². The van der Waals surface area contributed by atoms with Gasteiger partial charge in [0.15, 0.2) is 11.5 Å². The van der Waals surface area contributed by atoms with Gasteiger partial charge in [-0.15, -0.1) is 0 Å². The van der Waals surface area contributed by atoms with E-state index in [1.54, 1.807) is 24.3 Å². The van der Waals surface area contributed by atoms with E-state index in [9.17, 15) is 4.79 Å². The number of nitrogens with zero attached hydrogens (tertiary/aromatic N) is 2. The van der Waals surface area contributed by atoms with Gasteiger partial charge in [0.25, 0.3) is 5.91 Å². The first-order chi connectivity index (χ1) is 14.1. The highest BCUT2D eigenvalue weighted by molar-refractivity contribution is 6.03. The second kappa shape index (κ2) is 8.18. The molecule has 3 aromatic rings. The van der Waals surface area contributed by atoms with Gasteiger partial charge >= 0.3 is 0 Å². The molecule has 1 atom stereocenters. The van der Waals surface area contributed by atoms with E-state index >= 15 is 0 Å². The second-order valence-corrected chi connectivity index (χ2v) is 6.81. The molecule has 4 rings (SSSR count). The van der Waals surface area contributed by atoms with Gasteiger partial charge in [-0.2, -0.15) is 0 Å². The molecule has 2 aromatic carbocycles. The van der Waals surface area contributed by atoms with Crippen LogP contribution in [0.3, 0.4) is 0 Å².